The van der Waals surface area contributed by atoms with Gasteiger partial charge in [0.15, 0.2) is 0 Å². The van der Waals surface area contributed by atoms with Crippen molar-refractivity contribution in [2.24, 2.45) is 0 Å². The minimum absolute atomic E-state index is 0.0861. The number of amides is 2. The maximum absolute atomic E-state index is 13.2. The summed E-state index contributed by atoms with van der Waals surface area (Å²) in [5, 5.41) is 0.260. The second kappa shape index (κ2) is 6.27. The van der Waals surface area contributed by atoms with Gasteiger partial charge in [0.2, 0.25) is 11.8 Å². The van der Waals surface area contributed by atoms with Crippen molar-refractivity contribution < 1.29 is 14.0 Å². The molecule has 1 saturated carbocycles. The molecule has 1 aromatic rings. The Morgan fingerprint density at radius 2 is 1.96 bits per heavy atom. The topological polar surface area (TPSA) is 40.6 Å². The lowest BCUT2D eigenvalue weighted by atomic mass is 9.85. The Kier molecular flexibility index (Phi) is 4.22. The normalized spacial score (nSPS) is 26.6. The maximum Gasteiger partial charge on any atom is 0.248 e. The summed E-state index contributed by atoms with van der Waals surface area (Å²) in [5.41, 5.74) is -0.0535. The lowest BCUT2D eigenvalue weighted by Gasteiger charge is -2.45. The molecule has 4 rings (SSSR count). The van der Waals surface area contributed by atoms with Crippen LogP contribution < -0.4 is 0 Å². The minimum Gasteiger partial charge on any atom is -0.338 e. The molecule has 1 aromatic carbocycles. The van der Waals surface area contributed by atoms with Gasteiger partial charge in [-0.15, -0.1) is 0 Å². The molecule has 25 heavy (non-hydrogen) atoms. The zero-order chi connectivity index (χ0) is 17.6. The highest BCUT2D eigenvalue weighted by atomic mass is 35.5. The molecule has 4 nitrogen and oxygen atoms in total. The van der Waals surface area contributed by atoms with Gasteiger partial charge in [-0.1, -0.05) is 17.7 Å². The van der Waals surface area contributed by atoms with E-state index in [1.165, 1.54) is 12.1 Å². The Hall–Kier alpha value is -1.62. The van der Waals surface area contributed by atoms with Crippen LogP contribution in [0.2, 0.25) is 5.02 Å². The van der Waals surface area contributed by atoms with Gasteiger partial charge < -0.3 is 9.80 Å². The summed E-state index contributed by atoms with van der Waals surface area (Å²) in [7, 11) is 0. The number of piperidine rings is 1. The van der Waals surface area contributed by atoms with Gasteiger partial charge in [0.05, 0.1) is 6.42 Å². The number of carbonyl (C=O) groups is 2. The quantitative estimate of drug-likeness (QED) is 0.826. The smallest absolute Gasteiger partial charge is 0.248 e. The third-order valence-corrected chi connectivity index (χ3v) is 6.13. The first-order valence-electron chi connectivity index (χ1n) is 9.07. The minimum atomic E-state index is -0.662. The van der Waals surface area contributed by atoms with E-state index in [1.54, 1.807) is 11.0 Å². The Bertz CT molecular complexity index is 721. The summed E-state index contributed by atoms with van der Waals surface area (Å²) >= 11 is 6.07. The van der Waals surface area contributed by atoms with Crippen LogP contribution in [-0.4, -0.2) is 46.3 Å². The van der Waals surface area contributed by atoms with Gasteiger partial charge >= 0.3 is 0 Å². The van der Waals surface area contributed by atoms with Crippen LogP contribution in [0.15, 0.2) is 18.2 Å². The van der Waals surface area contributed by atoms with Crippen LogP contribution in [0.25, 0.3) is 0 Å². The predicted molar refractivity (Wildman–Crippen MR) is 92.8 cm³/mol. The SMILES string of the molecule is O=C(Cc1ccc(F)cc1Cl)N1CCCC12CCCN(C1CC1)C2=O. The Morgan fingerprint density at radius 1 is 1.24 bits per heavy atom. The third kappa shape index (κ3) is 2.92. The van der Waals surface area contributed by atoms with Gasteiger partial charge in [0.1, 0.15) is 11.4 Å². The van der Waals surface area contributed by atoms with Gasteiger partial charge in [-0.25, -0.2) is 4.39 Å². The summed E-state index contributed by atoms with van der Waals surface area (Å²) in [4.78, 5) is 29.9. The molecule has 1 spiro atoms. The van der Waals surface area contributed by atoms with E-state index >= 15 is 0 Å². The number of likely N-dealkylation sites (tertiary alicyclic amines) is 2. The molecule has 1 atom stereocenters. The van der Waals surface area contributed by atoms with Gasteiger partial charge in [-0.2, -0.15) is 0 Å². The zero-order valence-corrected chi connectivity index (χ0v) is 14.9. The maximum atomic E-state index is 13.2. The van der Waals surface area contributed by atoms with Crippen LogP contribution in [-0.2, 0) is 16.0 Å². The summed E-state index contributed by atoms with van der Waals surface area (Å²) in [6, 6.07) is 4.48. The molecule has 2 saturated heterocycles. The van der Waals surface area contributed by atoms with Gasteiger partial charge in [-0.3, -0.25) is 9.59 Å². The van der Waals surface area contributed by atoms with Crippen molar-refractivity contribution >= 4 is 23.4 Å². The Balaban J connectivity index is 1.56. The van der Waals surface area contributed by atoms with E-state index in [1.807, 2.05) is 4.90 Å². The van der Waals surface area contributed by atoms with E-state index in [2.05, 4.69) is 0 Å². The van der Waals surface area contributed by atoms with Gasteiger partial charge in [-0.05, 0) is 56.2 Å². The van der Waals surface area contributed by atoms with E-state index in [4.69, 9.17) is 11.6 Å². The largest absolute Gasteiger partial charge is 0.338 e. The van der Waals surface area contributed by atoms with Crippen molar-refractivity contribution in [3.63, 3.8) is 0 Å². The molecule has 0 bridgehead atoms. The second-order valence-corrected chi connectivity index (χ2v) is 7.83. The van der Waals surface area contributed by atoms with Crippen molar-refractivity contribution in [2.45, 2.75) is 56.5 Å². The van der Waals surface area contributed by atoms with Gasteiger partial charge in [0, 0.05) is 24.2 Å². The monoisotopic (exact) mass is 364 g/mol. The van der Waals surface area contributed by atoms with Crippen LogP contribution in [0.1, 0.15) is 44.1 Å². The first-order valence-corrected chi connectivity index (χ1v) is 9.44. The number of rotatable bonds is 3. The molecule has 6 heteroatoms. The Labute approximate surface area is 151 Å². The summed E-state index contributed by atoms with van der Waals surface area (Å²) in [6.07, 6.45) is 5.58. The van der Waals surface area contributed by atoms with E-state index in [0.29, 0.717) is 18.2 Å². The third-order valence-electron chi connectivity index (χ3n) is 5.78. The van der Waals surface area contributed by atoms with Crippen molar-refractivity contribution in [1.29, 1.82) is 0 Å². The van der Waals surface area contributed by atoms with E-state index in [-0.39, 0.29) is 23.3 Å². The molecule has 2 amide bonds. The lowest BCUT2D eigenvalue weighted by Crippen LogP contribution is -2.62. The molecule has 0 radical (unpaired) electrons. The van der Waals surface area contributed by atoms with Crippen molar-refractivity contribution in [3.8, 4) is 0 Å². The van der Waals surface area contributed by atoms with Gasteiger partial charge in [0.25, 0.3) is 0 Å². The highest BCUT2D eigenvalue weighted by Crippen LogP contribution is 2.42. The first kappa shape index (κ1) is 16.8. The highest BCUT2D eigenvalue weighted by Gasteiger charge is 2.54. The van der Waals surface area contributed by atoms with E-state index < -0.39 is 11.4 Å². The molecule has 0 N–H and O–H groups in total. The van der Waals surface area contributed by atoms with Crippen LogP contribution in [0, 0.1) is 5.82 Å². The van der Waals surface area contributed by atoms with E-state index in [0.717, 1.165) is 45.1 Å². The van der Waals surface area contributed by atoms with Crippen molar-refractivity contribution in [3.05, 3.63) is 34.6 Å². The number of benzene rings is 1. The molecular formula is C19H22ClFN2O2. The van der Waals surface area contributed by atoms with Crippen molar-refractivity contribution in [2.75, 3.05) is 13.1 Å². The number of hydrogen-bond donors (Lipinski definition) is 0. The molecule has 1 aliphatic carbocycles. The molecule has 3 fully saturated rings. The average Bonchev–Trinajstić information content (AvgIpc) is 3.33. The summed E-state index contributed by atoms with van der Waals surface area (Å²) in [5.74, 6) is -0.365. The molecule has 0 aromatic heterocycles. The number of hydrogen-bond acceptors (Lipinski definition) is 2. The fraction of sp³-hybridized carbons (Fsp3) is 0.579. The fourth-order valence-corrected chi connectivity index (χ4v) is 4.63. The fourth-order valence-electron chi connectivity index (χ4n) is 4.40. The van der Waals surface area contributed by atoms with Crippen LogP contribution in [0.4, 0.5) is 4.39 Å². The van der Waals surface area contributed by atoms with Crippen molar-refractivity contribution in [1.82, 2.24) is 9.80 Å². The summed E-state index contributed by atoms with van der Waals surface area (Å²) < 4.78 is 13.2. The average molecular weight is 365 g/mol. The van der Waals surface area contributed by atoms with Crippen LogP contribution in [0.5, 0.6) is 0 Å². The molecular weight excluding hydrogens is 343 g/mol. The summed E-state index contributed by atoms with van der Waals surface area (Å²) in [6.45, 7) is 1.43. The number of nitrogens with zero attached hydrogens (tertiary/aromatic N) is 2. The zero-order valence-electron chi connectivity index (χ0n) is 14.1. The molecule has 1 unspecified atom stereocenters. The van der Waals surface area contributed by atoms with Crippen LogP contribution in [0.3, 0.4) is 0 Å². The molecule has 3 aliphatic rings. The molecule has 2 aliphatic heterocycles. The van der Waals surface area contributed by atoms with Crippen LogP contribution >= 0.6 is 11.6 Å². The first-order chi connectivity index (χ1) is 12.0. The molecule has 134 valence electrons. The predicted octanol–water partition coefficient (Wildman–Crippen LogP) is 3.17. The standard InChI is InChI=1S/C19H22ClFN2O2/c20-16-12-14(21)4-3-13(16)11-17(24)23-10-2-8-19(23)7-1-9-22(18(19)25)15-5-6-15/h3-4,12,15H,1-2,5-11H2. The number of halogens is 2. The lowest BCUT2D eigenvalue weighted by molar-refractivity contribution is -0.155. The number of carbonyl (C=O) groups excluding carboxylic acids is 2. The van der Waals surface area contributed by atoms with E-state index in [9.17, 15) is 14.0 Å². The second-order valence-electron chi connectivity index (χ2n) is 7.43. The highest BCUT2D eigenvalue weighted by molar-refractivity contribution is 6.31. The Morgan fingerprint density at radius 3 is 2.64 bits per heavy atom. The molecule has 2 heterocycles.